The summed E-state index contributed by atoms with van der Waals surface area (Å²) in [5, 5.41) is 0. The van der Waals surface area contributed by atoms with Crippen LogP contribution in [0.1, 0.15) is 11.1 Å². The van der Waals surface area contributed by atoms with Gasteiger partial charge in [0.05, 0.1) is 0 Å². The number of nitrogen functional groups attached to an aromatic ring is 1. The summed E-state index contributed by atoms with van der Waals surface area (Å²) in [6.45, 7) is 0. The maximum absolute atomic E-state index is 14.2. The quantitative estimate of drug-likeness (QED) is 0.827. The molecule has 0 atom stereocenters. The van der Waals surface area contributed by atoms with E-state index < -0.39 is 5.92 Å². The average Bonchev–Trinajstić information content (AvgIpc) is 2.29. The fourth-order valence-electron chi connectivity index (χ4n) is 1.61. The SMILES string of the molecule is Nc1cccc(C(F)(F)c2ccccc2Br)c1. The van der Waals surface area contributed by atoms with E-state index in [9.17, 15) is 8.78 Å². The van der Waals surface area contributed by atoms with Crippen molar-refractivity contribution in [3.05, 3.63) is 64.1 Å². The van der Waals surface area contributed by atoms with Crippen molar-refractivity contribution in [2.75, 3.05) is 5.73 Å². The van der Waals surface area contributed by atoms with Gasteiger partial charge in [-0.1, -0.05) is 46.3 Å². The van der Waals surface area contributed by atoms with Gasteiger partial charge in [0.2, 0.25) is 0 Å². The van der Waals surface area contributed by atoms with Crippen LogP contribution < -0.4 is 5.73 Å². The third kappa shape index (κ3) is 2.31. The molecule has 0 radical (unpaired) electrons. The van der Waals surface area contributed by atoms with Gasteiger partial charge in [-0.25, -0.2) is 0 Å². The summed E-state index contributed by atoms with van der Waals surface area (Å²) in [5.41, 5.74) is 5.68. The number of anilines is 1. The molecule has 0 amide bonds. The van der Waals surface area contributed by atoms with Crippen molar-refractivity contribution >= 4 is 21.6 Å². The molecule has 2 rings (SSSR count). The fraction of sp³-hybridized carbons (Fsp3) is 0.0769. The Labute approximate surface area is 106 Å². The van der Waals surface area contributed by atoms with E-state index in [0.717, 1.165) is 0 Å². The van der Waals surface area contributed by atoms with Gasteiger partial charge in [-0.2, -0.15) is 8.78 Å². The Morgan fingerprint density at radius 2 is 1.71 bits per heavy atom. The molecule has 0 spiro atoms. The lowest BCUT2D eigenvalue weighted by Crippen LogP contribution is -2.16. The van der Waals surface area contributed by atoms with Crippen LogP contribution in [0.4, 0.5) is 14.5 Å². The first-order valence-electron chi connectivity index (χ1n) is 5.00. The highest BCUT2D eigenvalue weighted by Gasteiger charge is 2.35. The molecule has 17 heavy (non-hydrogen) atoms. The third-order valence-electron chi connectivity index (χ3n) is 2.46. The highest BCUT2D eigenvalue weighted by atomic mass is 79.9. The Morgan fingerprint density at radius 3 is 2.35 bits per heavy atom. The second kappa shape index (κ2) is 4.45. The maximum atomic E-state index is 14.2. The molecule has 0 fully saturated rings. The van der Waals surface area contributed by atoms with Gasteiger partial charge in [0.1, 0.15) is 0 Å². The maximum Gasteiger partial charge on any atom is 0.299 e. The van der Waals surface area contributed by atoms with Gasteiger partial charge >= 0.3 is 0 Å². The predicted octanol–water partition coefficient (Wildman–Crippen LogP) is 4.17. The summed E-state index contributed by atoms with van der Waals surface area (Å²) < 4.78 is 28.9. The van der Waals surface area contributed by atoms with Gasteiger partial charge in [0.15, 0.2) is 0 Å². The molecule has 0 saturated heterocycles. The van der Waals surface area contributed by atoms with Gasteiger partial charge in [-0.15, -0.1) is 0 Å². The van der Waals surface area contributed by atoms with Crippen LogP contribution in [0.3, 0.4) is 0 Å². The van der Waals surface area contributed by atoms with Crippen molar-refractivity contribution in [2.24, 2.45) is 0 Å². The summed E-state index contributed by atoms with van der Waals surface area (Å²) in [6, 6.07) is 12.0. The van der Waals surface area contributed by atoms with E-state index >= 15 is 0 Å². The van der Waals surface area contributed by atoms with Crippen molar-refractivity contribution in [3.63, 3.8) is 0 Å². The van der Waals surface area contributed by atoms with Gasteiger partial charge in [0, 0.05) is 21.3 Å². The number of hydrogen-bond acceptors (Lipinski definition) is 1. The van der Waals surface area contributed by atoms with E-state index in [1.807, 2.05) is 0 Å². The minimum Gasteiger partial charge on any atom is -0.399 e. The van der Waals surface area contributed by atoms with Gasteiger partial charge < -0.3 is 5.73 Å². The first-order chi connectivity index (χ1) is 8.01. The molecule has 0 aliphatic heterocycles. The number of halogens is 3. The second-order valence-corrected chi connectivity index (χ2v) is 4.53. The number of nitrogens with two attached hydrogens (primary N) is 1. The molecule has 2 aromatic rings. The van der Waals surface area contributed by atoms with Crippen LogP contribution in [-0.2, 0) is 5.92 Å². The van der Waals surface area contributed by atoms with E-state index in [2.05, 4.69) is 15.9 Å². The molecular weight excluding hydrogens is 288 g/mol. The number of alkyl halides is 2. The van der Waals surface area contributed by atoms with E-state index in [1.54, 1.807) is 24.3 Å². The molecule has 2 N–H and O–H groups in total. The average molecular weight is 298 g/mol. The smallest absolute Gasteiger partial charge is 0.299 e. The fourth-order valence-corrected chi connectivity index (χ4v) is 2.14. The second-order valence-electron chi connectivity index (χ2n) is 3.68. The normalized spacial score (nSPS) is 11.5. The van der Waals surface area contributed by atoms with E-state index in [-0.39, 0.29) is 11.1 Å². The summed E-state index contributed by atoms with van der Waals surface area (Å²) in [4.78, 5) is 0. The van der Waals surface area contributed by atoms with Crippen molar-refractivity contribution < 1.29 is 8.78 Å². The number of benzene rings is 2. The van der Waals surface area contributed by atoms with Gasteiger partial charge in [0.25, 0.3) is 5.92 Å². The first kappa shape index (κ1) is 12.0. The zero-order valence-corrected chi connectivity index (χ0v) is 10.4. The lowest BCUT2D eigenvalue weighted by atomic mass is 10.00. The van der Waals surface area contributed by atoms with Crippen LogP contribution in [0.15, 0.2) is 53.0 Å². The number of rotatable bonds is 2. The Kier molecular flexibility index (Phi) is 3.15. The van der Waals surface area contributed by atoms with Crippen molar-refractivity contribution in [1.82, 2.24) is 0 Å². The van der Waals surface area contributed by atoms with Crippen LogP contribution in [-0.4, -0.2) is 0 Å². The molecule has 0 aliphatic carbocycles. The Bertz CT molecular complexity index is 540. The lowest BCUT2D eigenvalue weighted by Gasteiger charge is -2.18. The van der Waals surface area contributed by atoms with Gasteiger partial charge in [-0.3, -0.25) is 0 Å². The highest BCUT2D eigenvalue weighted by molar-refractivity contribution is 9.10. The third-order valence-corrected chi connectivity index (χ3v) is 3.15. The van der Waals surface area contributed by atoms with Crippen LogP contribution in [0, 0.1) is 0 Å². The van der Waals surface area contributed by atoms with Crippen molar-refractivity contribution in [2.45, 2.75) is 5.92 Å². The molecule has 4 heteroatoms. The molecule has 2 aromatic carbocycles. The summed E-state index contributed by atoms with van der Waals surface area (Å²) in [6.07, 6.45) is 0. The minimum atomic E-state index is -3.06. The predicted molar refractivity (Wildman–Crippen MR) is 68.0 cm³/mol. The highest BCUT2D eigenvalue weighted by Crippen LogP contribution is 2.39. The topological polar surface area (TPSA) is 26.0 Å². The van der Waals surface area contributed by atoms with Gasteiger partial charge in [-0.05, 0) is 18.2 Å². The monoisotopic (exact) mass is 297 g/mol. The van der Waals surface area contributed by atoms with E-state index in [1.165, 1.54) is 24.3 Å². The largest absolute Gasteiger partial charge is 0.399 e. The zero-order valence-electron chi connectivity index (χ0n) is 8.83. The molecule has 0 unspecified atom stereocenters. The molecular formula is C13H10BrF2N. The molecule has 0 saturated carbocycles. The van der Waals surface area contributed by atoms with Crippen LogP contribution >= 0.6 is 15.9 Å². The van der Waals surface area contributed by atoms with Crippen molar-refractivity contribution in [3.8, 4) is 0 Å². The van der Waals surface area contributed by atoms with Crippen LogP contribution in [0.2, 0.25) is 0 Å². The molecule has 0 heterocycles. The van der Waals surface area contributed by atoms with Crippen LogP contribution in [0.5, 0.6) is 0 Å². The zero-order chi connectivity index (χ0) is 12.5. The van der Waals surface area contributed by atoms with Crippen molar-refractivity contribution in [1.29, 1.82) is 0 Å². The molecule has 0 bridgehead atoms. The summed E-state index contributed by atoms with van der Waals surface area (Å²) in [7, 11) is 0. The minimum absolute atomic E-state index is 0.0643. The lowest BCUT2D eigenvalue weighted by molar-refractivity contribution is 0.0421. The molecule has 1 nitrogen and oxygen atoms in total. The summed E-state index contributed by atoms with van der Waals surface area (Å²) in [5.74, 6) is -3.06. The molecule has 88 valence electrons. The number of hydrogen-bond donors (Lipinski definition) is 1. The molecule has 0 aromatic heterocycles. The van der Waals surface area contributed by atoms with Crippen LogP contribution in [0.25, 0.3) is 0 Å². The van der Waals surface area contributed by atoms with E-state index in [0.29, 0.717) is 10.2 Å². The standard InChI is InChI=1S/C13H10BrF2N/c14-12-7-2-1-6-11(12)13(15,16)9-4-3-5-10(17)8-9/h1-8H,17H2. The Balaban J connectivity index is 2.53. The Morgan fingerprint density at radius 1 is 1.00 bits per heavy atom. The molecule has 0 aliphatic rings. The Hall–Kier alpha value is -1.42. The summed E-state index contributed by atoms with van der Waals surface area (Å²) >= 11 is 3.14. The first-order valence-corrected chi connectivity index (χ1v) is 5.80. The van der Waals surface area contributed by atoms with E-state index in [4.69, 9.17) is 5.73 Å².